The number of aryl methyl sites for hydroxylation is 1. The summed E-state index contributed by atoms with van der Waals surface area (Å²) in [6.07, 6.45) is -1.11. The summed E-state index contributed by atoms with van der Waals surface area (Å²) < 4.78 is 79.0. The molecule has 0 radical (unpaired) electrons. The second-order valence-corrected chi connectivity index (χ2v) is 12.7. The molecular formula is C26H28F4N2O3S. The van der Waals surface area contributed by atoms with Crippen LogP contribution in [0.1, 0.15) is 48.6 Å². The molecule has 194 valence electrons. The van der Waals surface area contributed by atoms with Gasteiger partial charge in [-0.1, -0.05) is 24.3 Å². The highest BCUT2D eigenvalue weighted by molar-refractivity contribution is 7.91. The molecule has 2 aliphatic heterocycles. The molecule has 4 unspecified atom stereocenters. The zero-order valence-corrected chi connectivity index (χ0v) is 20.7. The van der Waals surface area contributed by atoms with Crippen molar-refractivity contribution in [3.63, 3.8) is 0 Å². The van der Waals surface area contributed by atoms with Crippen LogP contribution in [0.25, 0.3) is 0 Å². The summed E-state index contributed by atoms with van der Waals surface area (Å²) in [7, 11) is -3.23. The minimum Gasteiger partial charge on any atom is -0.338 e. The summed E-state index contributed by atoms with van der Waals surface area (Å²) in [4.78, 5) is 19.7. The Labute approximate surface area is 207 Å². The van der Waals surface area contributed by atoms with E-state index in [1.807, 2.05) is 12.1 Å². The van der Waals surface area contributed by atoms with Crippen molar-refractivity contribution in [3.8, 4) is 0 Å². The van der Waals surface area contributed by atoms with Gasteiger partial charge in [-0.25, -0.2) is 12.8 Å². The summed E-state index contributed by atoms with van der Waals surface area (Å²) in [5.74, 6) is -0.872. The largest absolute Gasteiger partial charge is 0.426 e. The number of fused-ring (bicyclic) bond motifs is 3. The highest BCUT2D eigenvalue weighted by Gasteiger charge is 2.56. The number of halogens is 4. The van der Waals surface area contributed by atoms with Crippen molar-refractivity contribution in [3.05, 3.63) is 65.0 Å². The number of benzene rings is 1. The number of sulfone groups is 1. The number of carbonyl (C=O) groups is 1. The Morgan fingerprint density at radius 3 is 2.58 bits per heavy atom. The normalized spacial score (nSPS) is 28.9. The van der Waals surface area contributed by atoms with Crippen molar-refractivity contribution in [2.24, 2.45) is 5.92 Å². The first-order chi connectivity index (χ1) is 16.8. The fraction of sp³-hybridized carbons (Fsp3) is 0.538. The van der Waals surface area contributed by atoms with Crippen LogP contribution in [-0.2, 0) is 38.6 Å². The summed E-state index contributed by atoms with van der Waals surface area (Å²) in [5, 5.41) is 0. The molecule has 2 fully saturated rings. The first-order valence-corrected chi connectivity index (χ1v) is 14.0. The van der Waals surface area contributed by atoms with Gasteiger partial charge in [0.25, 0.3) is 0 Å². The third-order valence-electron chi connectivity index (χ3n) is 8.30. The van der Waals surface area contributed by atoms with Crippen LogP contribution in [0.15, 0.2) is 42.6 Å². The Hall–Kier alpha value is -2.49. The van der Waals surface area contributed by atoms with Crippen molar-refractivity contribution in [2.45, 2.75) is 62.3 Å². The molecule has 5 nitrogen and oxygen atoms in total. The number of carbonyl (C=O) groups excluding carboxylic acids is 1. The SMILES string of the molecule is CC(F)(c1ccc2c(c1)CCC1N(C(=O)C3CCS(=O)(=O)C3)CCC21Cc1ccccn1)C(F)(F)F. The fourth-order valence-electron chi connectivity index (χ4n) is 6.34. The maximum Gasteiger partial charge on any atom is 0.426 e. The highest BCUT2D eigenvalue weighted by atomic mass is 32.2. The molecule has 10 heteroatoms. The monoisotopic (exact) mass is 524 g/mol. The van der Waals surface area contributed by atoms with Crippen LogP contribution in [0, 0.1) is 5.92 Å². The smallest absolute Gasteiger partial charge is 0.338 e. The van der Waals surface area contributed by atoms with E-state index in [1.165, 1.54) is 12.1 Å². The molecule has 5 rings (SSSR count). The summed E-state index contributed by atoms with van der Waals surface area (Å²) in [6, 6.07) is 9.43. The number of aromatic nitrogens is 1. The molecule has 3 heterocycles. The van der Waals surface area contributed by atoms with Gasteiger partial charge in [-0.2, -0.15) is 13.2 Å². The number of likely N-dealkylation sites (tertiary alicyclic amines) is 1. The lowest BCUT2D eigenvalue weighted by molar-refractivity contribution is -0.228. The number of alkyl halides is 4. The van der Waals surface area contributed by atoms with Gasteiger partial charge >= 0.3 is 6.18 Å². The van der Waals surface area contributed by atoms with Gasteiger partial charge in [-0.05, 0) is 61.4 Å². The lowest BCUT2D eigenvalue weighted by Gasteiger charge is -2.44. The van der Waals surface area contributed by atoms with E-state index in [0.717, 1.165) is 11.3 Å². The summed E-state index contributed by atoms with van der Waals surface area (Å²) >= 11 is 0. The molecule has 0 bridgehead atoms. The lowest BCUT2D eigenvalue weighted by Crippen LogP contribution is -2.50. The van der Waals surface area contributed by atoms with Gasteiger partial charge in [-0.3, -0.25) is 9.78 Å². The Kier molecular flexibility index (Phi) is 5.97. The highest BCUT2D eigenvalue weighted by Crippen LogP contribution is 2.51. The topological polar surface area (TPSA) is 67.3 Å². The minimum atomic E-state index is -5.04. The van der Waals surface area contributed by atoms with E-state index in [2.05, 4.69) is 4.98 Å². The lowest BCUT2D eigenvalue weighted by atomic mass is 9.64. The van der Waals surface area contributed by atoms with E-state index in [0.29, 0.717) is 51.1 Å². The Morgan fingerprint density at radius 2 is 1.94 bits per heavy atom. The molecule has 1 aromatic carbocycles. The van der Waals surface area contributed by atoms with Gasteiger partial charge in [0.15, 0.2) is 9.84 Å². The quantitative estimate of drug-likeness (QED) is 0.560. The summed E-state index contributed by atoms with van der Waals surface area (Å²) in [6.45, 7) is 0.965. The Bertz CT molecular complexity index is 1280. The molecule has 2 aromatic rings. The van der Waals surface area contributed by atoms with Crippen molar-refractivity contribution in [1.29, 1.82) is 0 Å². The van der Waals surface area contributed by atoms with E-state index in [1.54, 1.807) is 23.2 Å². The van der Waals surface area contributed by atoms with Crippen LogP contribution in [0.3, 0.4) is 0 Å². The second kappa shape index (κ2) is 8.53. The van der Waals surface area contributed by atoms with Gasteiger partial charge in [0.1, 0.15) is 0 Å². The van der Waals surface area contributed by atoms with Crippen molar-refractivity contribution in [2.75, 3.05) is 18.1 Å². The van der Waals surface area contributed by atoms with Crippen molar-refractivity contribution < 1.29 is 30.8 Å². The fourth-order valence-corrected chi connectivity index (χ4v) is 8.07. The third-order valence-corrected chi connectivity index (χ3v) is 10.1. The van der Waals surface area contributed by atoms with Crippen LogP contribution >= 0.6 is 0 Å². The molecule has 1 aliphatic carbocycles. The second-order valence-electron chi connectivity index (χ2n) is 10.5. The average Bonchev–Trinajstić information content (AvgIpc) is 3.38. The van der Waals surface area contributed by atoms with Crippen molar-refractivity contribution in [1.82, 2.24) is 9.88 Å². The Morgan fingerprint density at radius 1 is 1.17 bits per heavy atom. The average molecular weight is 525 g/mol. The van der Waals surface area contributed by atoms with Crippen molar-refractivity contribution >= 4 is 15.7 Å². The maximum atomic E-state index is 14.8. The number of rotatable bonds is 4. The van der Waals surface area contributed by atoms with Crippen LogP contribution < -0.4 is 0 Å². The summed E-state index contributed by atoms with van der Waals surface area (Å²) in [5.41, 5.74) is -2.23. The number of nitrogens with zero attached hydrogens (tertiary/aromatic N) is 2. The van der Waals surface area contributed by atoms with E-state index >= 15 is 0 Å². The molecule has 3 aliphatic rings. The number of pyridine rings is 1. The Balaban J connectivity index is 1.55. The number of hydrogen-bond donors (Lipinski definition) is 0. The van der Waals surface area contributed by atoms with Crippen LogP contribution in [0.5, 0.6) is 0 Å². The minimum absolute atomic E-state index is 0.00774. The van der Waals surface area contributed by atoms with E-state index in [4.69, 9.17) is 0 Å². The van der Waals surface area contributed by atoms with Gasteiger partial charge < -0.3 is 4.90 Å². The molecule has 4 atom stereocenters. The van der Waals surface area contributed by atoms with Crippen LogP contribution in [0.2, 0.25) is 0 Å². The third kappa shape index (κ3) is 4.11. The molecule has 1 amide bonds. The number of hydrogen-bond acceptors (Lipinski definition) is 4. The van der Waals surface area contributed by atoms with Gasteiger partial charge in [0.2, 0.25) is 11.6 Å². The van der Waals surface area contributed by atoms with Gasteiger partial charge in [0.05, 0.1) is 17.4 Å². The molecule has 36 heavy (non-hydrogen) atoms. The van der Waals surface area contributed by atoms with E-state index in [9.17, 15) is 30.8 Å². The zero-order chi connectivity index (χ0) is 25.9. The van der Waals surface area contributed by atoms with E-state index in [-0.39, 0.29) is 23.5 Å². The molecule has 2 saturated heterocycles. The number of amides is 1. The van der Waals surface area contributed by atoms with Crippen LogP contribution in [0.4, 0.5) is 17.6 Å². The maximum absolute atomic E-state index is 14.8. The van der Waals surface area contributed by atoms with Gasteiger partial charge in [0, 0.05) is 36.3 Å². The standard InChI is InChI=1S/C26H28F4N2O3S/c1-24(27,26(28,29)30)19-6-7-21-17(14-19)5-8-22-25(21,15-20-4-2-3-11-31-20)10-12-32(22)23(33)18-9-13-36(34,35)16-18/h2-4,6-7,11,14,18,22H,5,8-10,12-13,15-16H2,1H3. The molecule has 1 aromatic heterocycles. The molecule has 0 N–H and O–H groups in total. The molecular weight excluding hydrogens is 496 g/mol. The molecule has 0 saturated carbocycles. The molecule has 0 spiro atoms. The van der Waals surface area contributed by atoms with Gasteiger partial charge in [-0.15, -0.1) is 0 Å². The first kappa shape index (κ1) is 25.2. The predicted octanol–water partition coefficient (Wildman–Crippen LogP) is 4.29. The first-order valence-electron chi connectivity index (χ1n) is 12.1. The van der Waals surface area contributed by atoms with E-state index < -0.39 is 38.6 Å². The predicted molar refractivity (Wildman–Crippen MR) is 126 cm³/mol. The zero-order valence-electron chi connectivity index (χ0n) is 19.9. The van der Waals surface area contributed by atoms with Crippen LogP contribution in [-0.4, -0.2) is 54.5 Å².